The summed E-state index contributed by atoms with van der Waals surface area (Å²) >= 11 is 0. The molecule has 0 radical (unpaired) electrons. The van der Waals surface area contributed by atoms with Crippen LogP contribution in [0.3, 0.4) is 0 Å². The minimum absolute atomic E-state index is 0.0961. The van der Waals surface area contributed by atoms with Crippen molar-refractivity contribution in [2.24, 2.45) is 0 Å². The van der Waals surface area contributed by atoms with Crippen molar-refractivity contribution >= 4 is 21.6 Å². The molecule has 2 aromatic carbocycles. The Labute approximate surface area is 145 Å². The van der Waals surface area contributed by atoms with Crippen molar-refractivity contribution in [3.05, 3.63) is 59.7 Å². The number of rotatable bonds is 6. The first-order valence-corrected chi connectivity index (χ1v) is 9.14. The molecule has 5 nitrogen and oxygen atoms in total. The monoisotopic (exact) mass is 368 g/mol. The van der Waals surface area contributed by atoms with Crippen LogP contribution in [-0.4, -0.2) is 32.3 Å². The molecule has 1 N–H and O–H groups in total. The van der Waals surface area contributed by atoms with E-state index < -0.39 is 26.6 Å². The zero-order chi connectivity index (χ0) is 18.6. The van der Waals surface area contributed by atoms with E-state index in [-0.39, 0.29) is 11.6 Å². The molecule has 0 heterocycles. The molecule has 0 aromatic heterocycles. The predicted octanol–water partition coefficient (Wildman–Crippen LogP) is 3.25. The van der Waals surface area contributed by atoms with Crippen molar-refractivity contribution in [3.63, 3.8) is 0 Å². The van der Waals surface area contributed by atoms with E-state index >= 15 is 0 Å². The normalized spacial score (nSPS) is 11.2. The third kappa shape index (κ3) is 4.14. The lowest BCUT2D eigenvalue weighted by molar-refractivity contribution is 0.0773. The summed E-state index contributed by atoms with van der Waals surface area (Å²) in [6.07, 6.45) is 0. The van der Waals surface area contributed by atoms with Crippen molar-refractivity contribution in [2.75, 3.05) is 17.8 Å². The van der Waals surface area contributed by atoms with Crippen molar-refractivity contribution in [1.82, 2.24) is 4.90 Å². The summed E-state index contributed by atoms with van der Waals surface area (Å²) in [4.78, 5) is 12.8. The second kappa shape index (κ2) is 7.60. The third-order valence-corrected chi connectivity index (χ3v) is 5.05. The van der Waals surface area contributed by atoms with Gasteiger partial charge < -0.3 is 4.90 Å². The maximum atomic E-state index is 13.7. The van der Waals surface area contributed by atoms with Crippen molar-refractivity contribution in [1.29, 1.82) is 0 Å². The van der Waals surface area contributed by atoms with Crippen LogP contribution in [0, 0.1) is 11.6 Å². The number of sulfonamides is 1. The van der Waals surface area contributed by atoms with Crippen LogP contribution < -0.4 is 4.72 Å². The summed E-state index contributed by atoms with van der Waals surface area (Å²) in [7, 11) is -4.43. The molecule has 0 unspecified atom stereocenters. The average Bonchev–Trinajstić information content (AvgIpc) is 2.55. The van der Waals surface area contributed by atoms with Crippen LogP contribution in [0.15, 0.2) is 47.4 Å². The number of carbonyl (C=O) groups excluding carboxylic acids is 1. The molecule has 0 saturated carbocycles. The summed E-state index contributed by atoms with van der Waals surface area (Å²) in [5.41, 5.74) is 0.488. The van der Waals surface area contributed by atoms with Gasteiger partial charge in [-0.2, -0.15) is 0 Å². The summed E-state index contributed by atoms with van der Waals surface area (Å²) < 4.78 is 53.9. The zero-order valence-electron chi connectivity index (χ0n) is 13.8. The Bertz CT molecular complexity index is 844. The van der Waals surface area contributed by atoms with Crippen molar-refractivity contribution in [3.8, 4) is 0 Å². The van der Waals surface area contributed by atoms with Gasteiger partial charge in [0, 0.05) is 24.3 Å². The highest BCUT2D eigenvalue weighted by Crippen LogP contribution is 2.22. The van der Waals surface area contributed by atoms with E-state index in [1.54, 1.807) is 4.90 Å². The molecule has 25 heavy (non-hydrogen) atoms. The number of nitrogens with zero attached hydrogens (tertiary/aromatic N) is 1. The Balaban J connectivity index is 2.25. The molecule has 0 saturated heterocycles. The Morgan fingerprint density at radius 1 is 1.00 bits per heavy atom. The lowest BCUT2D eigenvalue weighted by Gasteiger charge is -2.18. The number of nitrogens with one attached hydrogen (secondary N) is 1. The number of hydrogen-bond donors (Lipinski definition) is 1. The molecule has 0 atom stereocenters. The molecule has 2 rings (SSSR count). The molecule has 0 spiro atoms. The fourth-order valence-corrected chi connectivity index (χ4v) is 3.52. The van der Waals surface area contributed by atoms with Crippen LogP contribution in [-0.2, 0) is 10.0 Å². The largest absolute Gasteiger partial charge is 0.339 e. The minimum atomic E-state index is -4.43. The zero-order valence-corrected chi connectivity index (χ0v) is 14.6. The van der Waals surface area contributed by atoms with Gasteiger partial charge in [-0.3, -0.25) is 9.52 Å². The van der Waals surface area contributed by atoms with Gasteiger partial charge in [-0.25, -0.2) is 17.2 Å². The predicted molar refractivity (Wildman–Crippen MR) is 90.9 cm³/mol. The van der Waals surface area contributed by atoms with E-state index in [2.05, 4.69) is 4.72 Å². The van der Waals surface area contributed by atoms with E-state index in [0.29, 0.717) is 18.7 Å². The Morgan fingerprint density at radius 3 is 2.00 bits per heavy atom. The van der Waals surface area contributed by atoms with E-state index in [1.807, 2.05) is 13.8 Å². The molecular weight excluding hydrogens is 350 g/mol. The summed E-state index contributed by atoms with van der Waals surface area (Å²) in [5, 5.41) is 0. The van der Waals surface area contributed by atoms with Crippen LogP contribution in [0.2, 0.25) is 0 Å². The molecule has 8 heteroatoms. The second-order valence-corrected chi connectivity index (χ2v) is 6.83. The van der Waals surface area contributed by atoms with Gasteiger partial charge in [0.25, 0.3) is 15.9 Å². The molecule has 1 amide bonds. The number of anilines is 1. The topological polar surface area (TPSA) is 66.5 Å². The van der Waals surface area contributed by atoms with Gasteiger partial charge in [0.05, 0.1) is 0 Å². The van der Waals surface area contributed by atoms with Gasteiger partial charge in [-0.15, -0.1) is 0 Å². The van der Waals surface area contributed by atoms with Crippen LogP contribution >= 0.6 is 0 Å². The molecule has 0 aliphatic rings. The average molecular weight is 368 g/mol. The van der Waals surface area contributed by atoms with Gasteiger partial charge in [-0.1, -0.05) is 6.07 Å². The Morgan fingerprint density at radius 2 is 1.52 bits per heavy atom. The molecular formula is C17H18F2N2O3S. The standard InChI is InChI=1S/C17H18F2N2O3S/c1-3-21(4-2)17(22)12-8-10-13(11-9-12)20-25(23,24)16-14(18)6-5-7-15(16)19/h5-11,20H,3-4H2,1-2H3. The molecule has 0 bridgehead atoms. The van der Waals surface area contributed by atoms with Crippen molar-refractivity contribution < 1.29 is 22.0 Å². The molecule has 0 aliphatic heterocycles. The highest BCUT2D eigenvalue weighted by molar-refractivity contribution is 7.92. The van der Waals surface area contributed by atoms with Crippen LogP contribution in [0.25, 0.3) is 0 Å². The first kappa shape index (κ1) is 18.9. The summed E-state index contributed by atoms with van der Waals surface area (Å²) in [6, 6.07) is 8.46. The van der Waals surface area contributed by atoms with Crippen molar-refractivity contribution in [2.45, 2.75) is 18.7 Å². The molecule has 2 aromatic rings. The van der Waals surface area contributed by atoms with E-state index in [4.69, 9.17) is 0 Å². The molecule has 134 valence electrons. The number of halogens is 2. The number of carbonyl (C=O) groups is 1. The quantitative estimate of drug-likeness (QED) is 0.851. The van der Waals surface area contributed by atoms with Gasteiger partial charge in [0.2, 0.25) is 0 Å². The lowest BCUT2D eigenvalue weighted by Crippen LogP contribution is -2.30. The summed E-state index contributed by atoms with van der Waals surface area (Å²) in [6.45, 7) is 4.81. The fourth-order valence-electron chi connectivity index (χ4n) is 2.32. The van der Waals surface area contributed by atoms with E-state index in [0.717, 1.165) is 18.2 Å². The van der Waals surface area contributed by atoms with E-state index in [1.165, 1.54) is 24.3 Å². The molecule has 0 fully saturated rings. The first-order chi connectivity index (χ1) is 11.8. The number of benzene rings is 2. The lowest BCUT2D eigenvalue weighted by atomic mass is 10.2. The first-order valence-electron chi connectivity index (χ1n) is 7.66. The summed E-state index contributed by atoms with van der Waals surface area (Å²) in [5.74, 6) is -2.54. The highest BCUT2D eigenvalue weighted by Gasteiger charge is 2.24. The maximum Gasteiger partial charge on any atom is 0.267 e. The van der Waals surface area contributed by atoms with Gasteiger partial charge >= 0.3 is 0 Å². The smallest absolute Gasteiger partial charge is 0.267 e. The minimum Gasteiger partial charge on any atom is -0.339 e. The fraction of sp³-hybridized carbons (Fsp3) is 0.235. The number of amides is 1. The van der Waals surface area contributed by atoms with Crippen LogP contribution in [0.5, 0.6) is 0 Å². The Hall–Kier alpha value is -2.48. The SMILES string of the molecule is CCN(CC)C(=O)c1ccc(NS(=O)(=O)c2c(F)cccc2F)cc1. The Kier molecular flexibility index (Phi) is 5.73. The van der Waals surface area contributed by atoms with Gasteiger partial charge in [0.1, 0.15) is 11.6 Å². The van der Waals surface area contributed by atoms with Crippen LogP contribution in [0.1, 0.15) is 24.2 Å². The van der Waals surface area contributed by atoms with Gasteiger partial charge in [0.15, 0.2) is 4.90 Å². The second-order valence-electron chi connectivity index (χ2n) is 5.21. The van der Waals surface area contributed by atoms with Gasteiger partial charge in [-0.05, 0) is 50.2 Å². The van der Waals surface area contributed by atoms with Crippen LogP contribution in [0.4, 0.5) is 14.5 Å². The molecule has 0 aliphatic carbocycles. The maximum absolute atomic E-state index is 13.7. The third-order valence-electron chi connectivity index (χ3n) is 3.62. The highest BCUT2D eigenvalue weighted by atomic mass is 32.2. The van der Waals surface area contributed by atoms with E-state index in [9.17, 15) is 22.0 Å². The number of hydrogen-bond acceptors (Lipinski definition) is 3.